The number of hydrogen-bond acceptors (Lipinski definition) is 5. The van der Waals surface area contributed by atoms with Gasteiger partial charge in [-0.05, 0) is 47.9 Å². The van der Waals surface area contributed by atoms with Gasteiger partial charge in [0, 0.05) is 18.5 Å². The summed E-state index contributed by atoms with van der Waals surface area (Å²) in [6.45, 7) is 2.09. The van der Waals surface area contributed by atoms with Crippen molar-refractivity contribution in [2.45, 2.75) is 13.3 Å². The molecule has 2 aromatic carbocycles. The van der Waals surface area contributed by atoms with E-state index in [-0.39, 0.29) is 11.5 Å². The SMILES string of the molecule is CCc1ccc(/C=C2\Oc3cc(OC(=O)c4ccncc4)ccc3C2=O)cc1. The number of allylic oxidation sites excluding steroid dienone is 1. The minimum atomic E-state index is -0.501. The van der Waals surface area contributed by atoms with Crippen LogP contribution >= 0.6 is 0 Å². The molecule has 0 unspecified atom stereocenters. The minimum Gasteiger partial charge on any atom is -0.452 e. The maximum absolute atomic E-state index is 12.6. The highest BCUT2D eigenvalue weighted by Gasteiger charge is 2.28. The van der Waals surface area contributed by atoms with Crippen LogP contribution in [0.15, 0.2) is 72.8 Å². The lowest BCUT2D eigenvalue weighted by atomic mass is 10.1. The van der Waals surface area contributed by atoms with E-state index in [1.54, 1.807) is 36.4 Å². The molecule has 0 spiro atoms. The minimum absolute atomic E-state index is 0.193. The molecule has 5 nitrogen and oxygen atoms in total. The van der Waals surface area contributed by atoms with E-state index in [0.29, 0.717) is 22.6 Å². The van der Waals surface area contributed by atoms with Gasteiger partial charge in [-0.25, -0.2) is 4.79 Å². The van der Waals surface area contributed by atoms with Gasteiger partial charge in [0.1, 0.15) is 11.5 Å². The van der Waals surface area contributed by atoms with Crippen molar-refractivity contribution >= 4 is 17.8 Å². The fraction of sp³-hybridized carbons (Fsp3) is 0.0870. The Morgan fingerprint density at radius 1 is 1.07 bits per heavy atom. The highest BCUT2D eigenvalue weighted by atomic mass is 16.5. The van der Waals surface area contributed by atoms with E-state index in [1.165, 1.54) is 18.0 Å². The van der Waals surface area contributed by atoms with E-state index in [4.69, 9.17) is 9.47 Å². The summed E-state index contributed by atoms with van der Waals surface area (Å²) in [7, 11) is 0. The van der Waals surface area contributed by atoms with Crippen LogP contribution in [0.3, 0.4) is 0 Å². The molecule has 0 fully saturated rings. The third kappa shape index (κ3) is 3.55. The fourth-order valence-electron chi connectivity index (χ4n) is 2.89. The van der Waals surface area contributed by atoms with Gasteiger partial charge in [0.15, 0.2) is 5.76 Å². The predicted molar refractivity (Wildman–Crippen MR) is 104 cm³/mol. The lowest BCUT2D eigenvalue weighted by Crippen LogP contribution is -2.08. The van der Waals surface area contributed by atoms with Crippen molar-refractivity contribution in [2.24, 2.45) is 0 Å². The van der Waals surface area contributed by atoms with Crippen LogP contribution in [0.2, 0.25) is 0 Å². The van der Waals surface area contributed by atoms with Crippen LogP contribution in [-0.4, -0.2) is 16.7 Å². The summed E-state index contributed by atoms with van der Waals surface area (Å²) in [6.07, 6.45) is 5.71. The molecular formula is C23H17NO4. The summed E-state index contributed by atoms with van der Waals surface area (Å²) in [5.74, 6) is 0.236. The molecule has 0 bridgehead atoms. The number of aromatic nitrogens is 1. The predicted octanol–water partition coefficient (Wildman–Crippen LogP) is 4.48. The van der Waals surface area contributed by atoms with Gasteiger partial charge < -0.3 is 9.47 Å². The molecule has 0 atom stereocenters. The van der Waals surface area contributed by atoms with Crippen molar-refractivity contribution in [1.82, 2.24) is 4.98 Å². The van der Waals surface area contributed by atoms with Crippen LogP contribution in [0.25, 0.3) is 6.08 Å². The molecule has 0 N–H and O–H groups in total. The number of fused-ring (bicyclic) bond motifs is 1. The van der Waals surface area contributed by atoms with Crippen molar-refractivity contribution in [2.75, 3.05) is 0 Å². The monoisotopic (exact) mass is 371 g/mol. The second-order valence-electron chi connectivity index (χ2n) is 6.32. The average Bonchev–Trinajstić information content (AvgIpc) is 3.04. The molecule has 0 amide bonds. The Bertz CT molecular complexity index is 1070. The maximum atomic E-state index is 12.6. The Morgan fingerprint density at radius 2 is 1.82 bits per heavy atom. The number of Topliss-reactive ketones (excluding diaryl/α,β-unsaturated/α-hetero) is 1. The average molecular weight is 371 g/mol. The highest BCUT2D eigenvalue weighted by molar-refractivity contribution is 6.14. The van der Waals surface area contributed by atoms with Crippen molar-refractivity contribution in [1.29, 1.82) is 0 Å². The first-order chi connectivity index (χ1) is 13.6. The summed E-state index contributed by atoms with van der Waals surface area (Å²) in [6, 6.07) is 15.8. The van der Waals surface area contributed by atoms with Gasteiger partial charge in [0.25, 0.3) is 0 Å². The first-order valence-electron chi connectivity index (χ1n) is 8.93. The maximum Gasteiger partial charge on any atom is 0.343 e. The van der Waals surface area contributed by atoms with Gasteiger partial charge >= 0.3 is 5.97 Å². The van der Waals surface area contributed by atoms with Gasteiger partial charge in [-0.1, -0.05) is 31.2 Å². The third-order valence-corrected chi connectivity index (χ3v) is 4.45. The van der Waals surface area contributed by atoms with Gasteiger partial charge in [-0.15, -0.1) is 0 Å². The van der Waals surface area contributed by atoms with Crippen molar-refractivity contribution in [3.63, 3.8) is 0 Å². The summed E-state index contributed by atoms with van der Waals surface area (Å²) in [5.41, 5.74) is 2.95. The van der Waals surface area contributed by atoms with Crippen LogP contribution < -0.4 is 9.47 Å². The second kappa shape index (κ2) is 7.48. The number of esters is 1. The van der Waals surface area contributed by atoms with E-state index in [0.717, 1.165) is 12.0 Å². The second-order valence-corrected chi connectivity index (χ2v) is 6.32. The number of ether oxygens (including phenoxy) is 2. The zero-order valence-electron chi connectivity index (χ0n) is 15.2. The molecule has 1 aliphatic rings. The molecular weight excluding hydrogens is 354 g/mol. The van der Waals surface area contributed by atoms with E-state index in [2.05, 4.69) is 11.9 Å². The quantitative estimate of drug-likeness (QED) is 0.384. The zero-order chi connectivity index (χ0) is 19.5. The number of pyridine rings is 1. The molecule has 4 rings (SSSR count). The van der Waals surface area contributed by atoms with Crippen molar-refractivity contribution < 1.29 is 19.1 Å². The Morgan fingerprint density at radius 3 is 2.54 bits per heavy atom. The summed E-state index contributed by atoms with van der Waals surface area (Å²) in [5, 5.41) is 0. The molecule has 0 radical (unpaired) electrons. The van der Waals surface area contributed by atoms with E-state index in [1.807, 2.05) is 24.3 Å². The largest absolute Gasteiger partial charge is 0.452 e. The van der Waals surface area contributed by atoms with Crippen LogP contribution in [0.5, 0.6) is 11.5 Å². The van der Waals surface area contributed by atoms with Crippen LogP contribution in [0.4, 0.5) is 0 Å². The zero-order valence-corrected chi connectivity index (χ0v) is 15.2. The topological polar surface area (TPSA) is 65.5 Å². The van der Waals surface area contributed by atoms with Crippen LogP contribution in [0.1, 0.15) is 38.8 Å². The lowest BCUT2D eigenvalue weighted by molar-refractivity contribution is 0.0734. The van der Waals surface area contributed by atoms with Crippen LogP contribution in [0, 0.1) is 0 Å². The van der Waals surface area contributed by atoms with Gasteiger partial charge in [0.2, 0.25) is 5.78 Å². The fourth-order valence-corrected chi connectivity index (χ4v) is 2.89. The summed E-state index contributed by atoms with van der Waals surface area (Å²) < 4.78 is 11.1. The molecule has 1 aromatic heterocycles. The Labute approximate surface area is 162 Å². The van der Waals surface area contributed by atoms with Gasteiger partial charge in [0.05, 0.1) is 11.1 Å². The Balaban J connectivity index is 1.54. The Kier molecular flexibility index (Phi) is 4.72. The highest BCUT2D eigenvalue weighted by Crippen LogP contribution is 2.35. The number of ketones is 1. The number of benzene rings is 2. The molecule has 28 heavy (non-hydrogen) atoms. The first kappa shape index (κ1) is 17.7. The molecule has 5 heteroatoms. The number of carbonyl (C=O) groups excluding carboxylic acids is 2. The molecule has 138 valence electrons. The smallest absolute Gasteiger partial charge is 0.343 e. The van der Waals surface area contributed by atoms with E-state index in [9.17, 15) is 9.59 Å². The number of nitrogens with zero attached hydrogens (tertiary/aromatic N) is 1. The lowest BCUT2D eigenvalue weighted by Gasteiger charge is -2.05. The summed E-state index contributed by atoms with van der Waals surface area (Å²) >= 11 is 0. The van der Waals surface area contributed by atoms with Gasteiger partial charge in [-0.3, -0.25) is 9.78 Å². The molecule has 0 saturated heterocycles. The standard InChI is InChI=1S/C23H17NO4/c1-2-15-3-5-16(6-4-15)13-21-22(25)19-8-7-18(14-20(19)28-21)27-23(26)17-9-11-24-12-10-17/h3-14H,2H2,1H3/b21-13-. The number of carbonyl (C=O) groups is 2. The molecule has 0 saturated carbocycles. The number of aryl methyl sites for hydroxylation is 1. The Hall–Kier alpha value is -3.73. The van der Waals surface area contributed by atoms with E-state index < -0.39 is 5.97 Å². The van der Waals surface area contributed by atoms with Crippen molar-refractivity contribution in [3.8, 4) is 11.5 Å². The first-order valence-corrected chi connectivity index (χ1v) is 8.93. The third-order valence-electron chi connectivity index (χ3n) is 4.45. The molecule has 1 aliphatic heterocycles. The molecule has 0 aliphatic carbocycles. The number of hydrogen-bond donors (Lipinski definition) is 0. The van der Waals surface area contributed by atoms with E-state index >= 15 is 0 Å². The normalized spacial score (nSPS) is 13.9. The van der Waals surface area contributed by atoms with Crippen molar-refractivity contribution in [3.05, 3.63) is 95.0 Å². The number of rotatable bonds is 4. The van der Waals surface area contributed by atoms with Gasteiger partial charge in [-0.2, -0.15) is 0 Å². The molecule has 2 heterocycles. The summed E-state index contributed by atoms with van der Waals surface area (Å²) in [4.78, 5) is 28.6. The van der Waals surface area contributed by atoms with Crippen LogP contribution in [-0.2, 0) is 6.42 Å². The molecule has 3 aromatic rings.